The van der Waals surface area contributed by atoms with E-state index < -0.39 is 0 Å². The monoisotopic (exact) mass is 534 g/mol. The molecule has 2 heterocycles. The van der Waals surface area contributed by atoms with Gasteiger partial charge in [-0.15, -0.1) is 0 Å². The molecule has 3 rings (SSSR count). The first kappa shape index (κ1) is 21.1. The Balaban J connectivity index is 0.00000121. The summed E-state index contributed by atoms with van der Waals surface area (Å²) < 4.78 is 7.93. The summed E-state index contributed by atoms with van der Waals surface area (Å²) in [6, 6.07) is 0. The van der Waals surface area contributed by atoms with Crippen LogP contribution in [0.3, 0.4) is 0 Å². The van der Waals surface area contributed by atoms with Crippen molar-refractivity contribution in [1.82, 2.24) is 0 Å². The third-order valence-electron chi connectivity index (χ3n) is 5.83. The molecule has 3 aliphatic rings. The third-order valence-corrected chi connectivity index (χ3v) is 5.83. The van der Waals surface area contributed by atoms with Crippen LogP contribution in [-0.4, -0.2) is 69.0 Å². The lowest BCUT2D eigenvalue weighted by molar-refractivity contribution is -0.922. The first-order valence-corrected chi connectivity index (χ1v) is 8.56. The maximum absolute atomic E-state index is 5.50. The summed E-state index contributed by atoms with van der Waals surface area (Å²) in [4.78, 5) is 0. The van der Waals surface area contributed by atoms with Gasteiger partial charge < -0.3 is 57.2 Å². The molecule has 1 saturated carbocycles. The molecule has 0 aromatic heterocycles. The normalized spacial score (nSPS) is 33.2. The van der Waals surface area contributed by atoms with Gasteiger partial charge in [-0.3, -0.25) is 4.48 Å². The Kier molecular flexibility index (Phi) is 8.61. The molecule has 2 aliphatic heterocycles. The van der Waals surface area contributed by atoms with Gasteiger partial charge in [-0.1, -0.05) is 6.42 Å². The summed E-state index contributed by atoms with van der Waals surface area (Å²) in [5, 5.41) is 0. The fraction of sp³-hybridized carbons (Fsp3) is 0.882. The quantitative estimate of drug-likeness (QED) is 0.268. The molecule has 5 heteroatoms. The molecule has 0 radical (unpaired) electrons. The largest absolute Gasteiger partial charge is 1.00 e. The Morgan fingerprint density at radius 1 is 1.09 bits per heavy atom. The molecule has 130 valence electrons. The van der Waals surface area contributed by atoms with Crippen LogP contribution in [0.5, 0.6) is 0 Å². The molecule has 2 atom stereocenters. The van der Waals surface area contributed by atoms with Crippen LogP contribution in [0.1, 0.15) is 32.1 Å². The van der Waals surface area contributed by atoms with Crippen molar-refractivity contribution in [3.05, 3.63) is 11.8 Å². The fourth-order valence-electron chi connectivity index (χ4n) is 4.42. The average Bonchev–Trinajstić information content (AvgIpc) is 2.75. The number of morpholine rings is 1. The zero-order chi connectivity index (χ0) is 14.1. The lowest BCUT2D eigenvalue weighted by atomic mass is 9.86. The molecule has 1 aliphatic carbocycles. The Hall–Kier alpha value is 1.08. The summed E-state index contributed by atoms with van der Waals surface area (Å²) in [5.74, 6) is 0.918. The Morgan fingerprint density at radius 2 is 1.82 bits per heavy atom. The summed E-state index contributed by atoms with van der Waals surface area (Å²) in [6.07, 6.45) is 9.68. The number of fused-ring (bicyclic) bond motifs is 1. The van der Waals surface area contributed by atoms with Crippen molar-refractivity contribution in [2.24, 2.45) is 5.92 Å². The summed E-state index contributed by atoms with van der Waals surface area (Å²) >= 11 is 0. The van der Waals surface area contributed by atoms with Crippen LogP contribution >= 0.6 is 0 Å². The number of ether oxygens (including phenoxy) is 1. The van der Waals surface area contributed by atoms with Gasteiger partial charge in [0.15, 0.2) is 0 Å². The lowest BCUT2D eigenvalue weighted by Gasteiger charge is -2.38. The molecule has 0 N–H and O–H groups in total. The summed E-state index contributed by atoms with van der Waals surface area (Å²) in [5.41, 5.74) is 1.78. The van der Waals surface area contributed by atoms with Crippen LogP contribution in [0.15, 0.2) is 11.8 Å². The summed E-state index contributed by atoms with van der Waals surface area (Å²) in [7, 11) is 4.86. The van der Waals surface area contributed by atoms with Crippen LogP contribution in [0.4, 0.5) is 0 Å². The van der Waals surface area contributed by atoms with Crippen LogP contribution in [0.25, 0.3) is 0 Å². The second-order valence-electron chi connectivity index (χ2n) is 7.79. The number of rotatable bonds is 4. The van der Waals surface area contributed by atoms with Crippen molar-refractivity contribution in [2.45, 2.75) is 32.1 Å². The van der Waals surface area contributed by atoms with Crippen LogP contribution in [0, 0.1) is 5.92 Å². The van der Waals surface area contributed by atoms with Crippen molar-refractivity contribution in [3.8, 4) is 0 Å². The van der Waals surface area contributed by atoms with E-state index in [1.54, 1.807) is 5.57 Å². The van der Waals surface area contributed by atoms with E-state index in [1.807, 2.05) is 0 Å². The van der Waals surface area contributed by atoms with Gasteiger partial charge in [-0.25, -0.2) is 0 Å². The standard InChI is InChI=1S/C17H32N2O.2HI/c1-18(10-12-20-13-11-18)8-5-9-19(2)14-16-6-3-4-7-17(16)15-19;;/h14,17H,3-13,15H2,1-2H3;2*1H/q+2;;/p-2. The minimum Gasteiger partial charge on any atom is -1.00 e. The molecule has 2 fully saturated rings. The van der Waals surface area contributed by atoms with E-state index in [1.165, 1.54) is 73.8 Å². The number of hydrogen-bond donors (Lipinski definition) is 0. The predicted octanol–water partition coefficient (Wildman–Crippen LogP) is -3.60. The molecule has 0 amide bonds. The molecular formula is C17H32I2N2O. The van der Waals surface area contributed by atoms with E-state index in [2.05, 4.69) is 20.3 Å². The Bertz CT molecular complexity index is 383. The zero-order valence-electron chi connectivity index (χ0n) is 14.2. The minimum absolute atomic E-state index is 0. The number of halogens is 2. The molecule has 0 aromatic rings. The highest BCUT2D eigenvalue weighted by Crippen LogP contribution is 2.37. The SMILES string of the molecule is C[N+]1(CCC[N+]2(C)CCOCC2)C=C2CCCCC2C1.[I-].[I-]. The van der Waals surface area contributed by atoms with Gasteiger partial charge in [0.05, 0.1) is 53.1 Å². The molecule has 0 aromatic carbocycles. The Morgan fingerprint density at radius 3 is 2.50 bits per heavy atom. The van der Waals surface area contributed by atoms with E-state index >= 15 is 0 Å². The molecule has 3 nitrogen and oxygen atoms in total. The van der Waals surface area contributed by atoms with E-state index in [-0.39, 0.29) is 48.0 Å². The van der Waals surface area contributed by atoms with Gasteiger partial charge >= 0.3 is 0 Å². The van der Waals surface area contributed by atoms with Crippen molar-refractivity contribution in [3.63, 3.8) is 0 Å². The van der Waals surface area contributed by atoms with Gasteiger partial charge in [0.25, 0.3) is 0 Å². The highest BCUT2D eigenvalue weighted by atomic mass is 127. The number of likely N-dealkylation sites (N-methyl/N-ethyl adjacent to an activating group) is 1. The lowest BCUT2D eigenvalue weighted by Crippen LogP contribution is -3.00. The second kappa shape index (κ2) is 8.97. The molecular weight excluding hydrogens is 502 g/mol. The van der Waals surface area contributed by atoms with Gasteiger partial charge in [0, 0.05) is 12.3 Å². The fourth-order valence-corrected chi connectivity index (χ4v) is 4.42. The minimum atomic E-state index is 0. The topological polar surface area (TPSA) is 9.23 Å². The predicted molar refractivity (Wildman–Crippen MR) is 82.2 cm³/mol. The van der Waals surface area contributed by atoms with Gasteiger partial charge in [0.2, 0.25) is 0 Å². The molecule has 0 spiro atoms. The van der Waals surface area contributed by atoms with Crippen molar-refractivity contribution < 1.29 is 61.7 Å². The van der Waals surface area contributed by atoms with Crippen LogP contribution < -0.4 is 48.0 Å². The number of nitrogens with zero attached hydrogens (tertiary/aromatic N) is 2. The van der Waals surface area contributed by atoms with E-state index in [0.29, 0.717) is 0 Å². The van der Waals surface area contributed by atoms with Crippen LogP contribution in [-0.2, 0) is 4.74 Å². The summed E-state index contributed by atoms with van der Waals surface area (Å²) in [6.45, 7) is 8.34. The van der Waals surface area contributed by atoms with E-state index in [9.17, 15) is 0 Å². The zero-order valence-corrected chi connectivity index (χ0v) is 18.5. The van der Waals surface area contributed by atoms with Gasteiger partial charge in [0.1, 0.15) is 13.1 Å². The smallest absolute Gasteiger partial charge is 0.102 e. The maximum atomic E-state index is 5.50. The highest BCUT2D eigenvalue weighted by Gasteiger charge is 2.37. The Labute approximate surface area is 170 Å². The molecule has 2 unspecified atom stereocenters. The number of quaternary nitrogens is 2. The second-order valence-corrected chi connectivity index (χ2v) is 7.79. The molecule has 1 saturated heterocycles. The van der Waals surface area contributed by atoms with Crippen molar-refractivity contribution in [2.75, 3.05) is 60.0 Å². The van der Waals surface area contributed by atoms with E-state index in [0.717, 1.165) is 19.1 Å². The van der Waals surface area contributed by atoms with Gasteiger partial charge in [-0.2, -0.15) is 0 Å². The van der Waals surface area contributed by atoms with Gasteiger partial charge in [-0.05, 0) is 24.8 Å². The number of hydrogen-bond acceptors (Lipinski definition) is 1. The van der Waals surface area contributed by atoms with Crippen LogP contribution in [0.2, 0.25) is 0 Å². The maximum Gasteiger partial charge on any atom is 0.102 e. The highest BCUT2D eigenvalue weighted by molar-refractivity contribution is 5.10. The van der Waals surface area contributed by atoms with Crippen molar-refractivity contribution in [1.29, 1.82) is 0 Å². The van der Waals surface area contributed by atoms with Crippen molar-refractivity contribution >= 4 is 0 Å². The first-order chi connectivity index (χ1) is 9.59. The molecule has 22 heavy (non-hydrogen) atoms. The molecule has 0 bridgehead atoms. The third kappa shape index (κ3) is 5.29. The first-order valence-electron chi connectivity index (χ1n) is 8.56. The van der Waals surface area contributed by atoms with E-state index in [4.69, 9.17) is 4.74 Å². The average molecular weight is 534 g/mol.